The van der Waals surface area contributed by atoms with Crippen LogP contribution < -0.4 is 0 Å². The molecule has 1 saturated heterocycles. The summed E-state index contributed by atoms with van der Waals surface area (Å²) in [5.74, 6) is 0.318. The fourth-order valence-electron chi connectivity index (χ4n) is 2.19. The van der Waals surface area contributed by atoms with E-state index in [1.54, 1.807) is 0 Å². The van der Waals surface area contributed by atoms with E-state index in [1.807, 2.05) is 16.7 Å². The van der Waals surface area contributed by atoms with Crippen molar-refractivity contribution in [3.05, 3.63) is 0 Å². The van der Waals surface area contributed by atoms with Crippen molar-refractivity contribution in [1.82, 2.24) is 9.80 Å². The molecule has 0 bridgehead atoms. The van der Waals surface area contributed by atoms with E-state index in [1.165, 1.54) is 0 Å². The molecule has 2 amide bonds. The molecule has 1 heterocycles. The molecule has 5 nitrogen and oxygen atoms in total. The van der Waals surface area contributed by atoms with Gasteiger partial charge in [0.05, 0.1) is 0 Å². The minimum atomic E-state index is 0.145. The fourth-order valence-corrected chi connectivity index (χ4v) is 2.19. The van der Waals surface area contributed by atoms with E-state index in [-0.39, 0.29) is 18.4 Å². The summed E-state index contributed by atoms with van der Waals surface area (Å²) in [5, 5.41) is 8.69. The summed E-state index contributed by atoms with van der Waals surface area (Å²) in [4.78, 5) is 27.2. The maximum atomic E-state index is 11.9. The lowest BCUT2D eigenvalue weighted by Gasteiger charge is -2.22. The quantitative estimate of drug-likeness (QED) is 0.734. The molecule has 0 radical (unpaired) electrons. The number of hydrogen-bond acceptors (Lipinski definition) is 3. The van der Waals surface area contributed by atoms with Crippen molar-refractivity contribution in [2.75, 3.05) is 32.8 Å². The highest BCUT2D eigenvalue weighted by atomic mass is 16.3. The Hall–Kier alpha value is -1.10. The molecular weight excluding hydrogens is 232 g/mol. The van der Waals surface area contributed by atoms with E-state index < -0.39 is 0 Å². The van der Waals surface area contributed by atoms with Crippen LogP contribution in [0.25, 0.3) is 0 Å². The van der Waals surface area contributed by atoms with Crippen molar-refractivity contribution < 1.29 is 14.7 Å². The van der Waals surface area contributed by atoms with Crippen molar-refractivity contribution in [3.8, 4) is 0 Å². The first-order valence-corrected chi connectivity index (χ1v) is 6.85. The monoisotopic (exact) mass is 256 g/mol. The van der Waals surface area contributed by atoms with Gasteiger partial charge in [-0.25, -0.2) is 0 Å². The number of amides is 2. The zero-order valence-electron chi connectivity index (χ0n) is 11.2. The van der Waals surface area contributed by atoms with Gasteiger partial charge in [0.15, 0.2) is 0 Å². The SMILES string of the molecule is CCC(=O)N1CCCN(C(=O)CCCCO)CC1. The minimum Gasteiger partial charge on any atom is -0.396 e. The molecule has 0 saturated carbocycles. The molecule has 0 atom stereocenters. The van der Waals surface area contributed by atoms with E-state index in [0.29, 0.717) is 32.4 Å². The van der Waals surface area contributed by atoms with Crippen LogP contribution in [0.1, 0.15) is 39.0 Å². The predicted molar refractivity (Wildman–Crippen MR) is 69.0 cm³/mol. The maximum Gasteiger partial charge on any atom is 0.222 e. The van der Waals surface area contributed by atoms with E-state index in [9.17, 15) is 9.59 Å². The number of carbonyl (C=O) groups excluding carboxylic acids is 2. The van der Waals surface area contributed by atoms with Gasteiger partial charge in [-0.2, -0.15) is 0 Å². The van der Waals surface area contributed by atoms with Gasteiger partial charge in [-0.05, 0) is 19.3 Å². The molecule has 0 spiro atoms. The van der Waals surface area contributed by atoms with Gasteiger partial charge in [-0.3, -0.25) is 9.59 Å². The third-order valence-corrected chi connectivity index (χ3v) is 3.30. The summed E-state index contributed by atoms with van der Waals surface area (Å²) >= 11 is 0. The van der Waals surface area contributed by atoms with E-state index in [2.05, 4.69) is 0 Å². The minimum absolute atomic E-state index is 0.145. The molecule has 1 fully saturated rings. The van der Waals surface area contributed by atoms with Crippen LogP contribution in [0.5, 0.6) is 0 Å². The van der Waals surface area contributed by atoms with Crippen molar-refractivity contribution >= 4 is 11.8 Å². The molecule has 104 valence electrons. The van der Waals surface area contributed by atoms with E-state index in [4.69, 9.17) is 5.11 Å². The van der Waals surface area contributed by atoms with Crippen LogP contribution in [0.4, 0.5) is 0 Å². The lowest BCUT2D eigenvalue weighted by Crippen LogP contribution is -2.37. The van der Waals surface area contributed by atoms with Crippen LogP contribution in [-0.4, -0.2) is 59.5 Å². The summed E-state index contributed by atoms with van der Waals surface area (Å²) in [6.45, 7) is 4.80. The molecule has 0 unspecified atom stereocenters. The van der Waals surface area contributed by atoms with Crippen molar-refractivity contribution in [2.24, 2.45) is 0 Å². The third-order valence-electron chi connectivity index (χ3n) is 3.30. The van der Waals surface area contributed by atoms with Crippen molar-refractivity contribution in [1.29, 1.82) is 0 Å². The number of aliphatic hydroxyl groups is 1. The van der Waals surface area contributed by atoms with E-state index in [0.717, 1.165) is 25.9 Å². The summed E-state index contributed by atoms with van der Waals surface area (Å²) in [6, 6.07) is 0. The summed E-state index contributed by atoms with van der Waals surface area (Å²) in [6.07, 6.45) is 3.31. The van der Waals surface area contributed by atoms with Crippen molar-refractivity contribution in [3.63, 3.8) is 0 Å². The largest absolute Gasteiger partial charge is 0.396 e. The first-order valence-electron chi connectivity index (χ1n) is 6.85. The first kappa shape index (κ1) is 15.0. The van der Waals surface area contributed by atoms with Gasteiger partial charge < -0.3 is 14.9 Å². The second kappa shape index (κ2) is 8.08. The Labute approximate surface area is 109 Å². The van der Waals surface area contributed by atoms with Gasteiger partial charge in [0.25, 0.3) is 0 Å². The molecule has 5 heteroatoms. The third kappa shape index (κ3) is 4.64. The van der Waals surface area contributed by atoms with Gasteiger partial charge in [-0.15, -0.1) is 0 Å². The highest BCUT2D eigenvalue weighted by Crippen LogP contribution is 2.08. The standard InChI is InChI=1S/C13H24N2O3/c1-2-12(17)14-7-5-8-15(10-9-14)13(18)6-3-4-11-16/h16H,2-11H2,1H3. The van der Waals surface area contributed by atoms with Gasteiger partial charge in [0.2, 0.25) is 11.8 Å². The van der Waals surface area contributed by atoms with Crippen LogP contribution >= 0.6 is 0 Å². The lowest BCUT2D eigenvalue weighted by atomic mass is 10.2. The van der Waals surface area contributed by atoms with E-state index >= 15 is 0 Å². The second-order valence-corrected chi connectivity index (χ2v) is 4.65. The van der Waals surface area contributed by atoms with Crippen LogP contribution in [0.3, 0.4) is 0 Å². The van der Waals surface area contributed by atoms with Crippen LogP contribution in [-0.2, 0) is 9.59 Å². The average Bonchev–Trinajstić information content (AvgIpc) is 2.63. The highest BCUT2D eigenvalue weighted by Gasteiger charge is 2.20. The average molecular weight is 256 g/mol. The fraction of sp³-hybridized carbons (Fsp3) is 0.846. The van der Waals surface area contributed by atoms with Gasteiger partial charge in [0.1, 0.15) is 0 Å². The van der Waals surface area contributed by atoms with Gasteiger partial charge in [-0.1, -0.05) is 6.92 Å². The number of carbonyl (C=O) groups is 2. The van der Waals surface area contributed by atoms with Crippen LogP contribution in [0.2, 0.25) is 0 Å². The number of rotatable bonds is 5. The number of hydrogen-bond donors (Lipinski definition) is 1. The van der Waals surface area contributed by atoms with Crippen LogP contribution in [0, 0.1) is 0 Å². The summed E-state index contributed by atoms with van der Waals surface area (Å²) < 4.78 is 0. The Morgan fingerprint density at radius 3 is 2.17 bits per heavy atom. The second-order valence-electron chi connectivity index (χ2n) is 4.65. The van der Waals surface area contributed by atoms with Gasteiger partial charge >= 0.3 is 0 Å². The Kier molecular flexibility index (Phi) is 6.72. The van der Waals surface area contributed by atoms with Crippen molar-refractivity contribution in [2.45, 2.75) is 39.0 Å². The molecule has 0 aliphatic carbocycles. The maximum absolute atomic E-state index is 11.9. The molecule has 1 aliphatic heterocycles. The predicted octanol–water partition coefficient (Wildman–Crippen LogP) is 0.620. The summed E-state index contributed by atoms with van der Waals surface area (Å²) in [7, 11) is 0. The zero-order chi connectivity index (χ0) is 13.4. The Bertz CT molecular complexity index is 281. The smallest absolute Gasteiger partial charge is 0.222 e. The van der Waals surface area contributed by atoms with Crippen LogP contribution in [0.15, 0.2) is 0 Å². The topological polar surface area (TPSA) is 60.9 Å². The Morgan fingerprint density at radius 2 is 1.61 bits per heavy atom. The molecule has 0 aromatic rings. The molecule has 0 aromatic heterocycles. The summed E-state index contributed by atoms with van der Waals surface area (Å²) in [5.41, 5.74) is 0. The number of unbranched alkanes of at least 4 members (excludes halogenated alkanes) is 1. The lowest BCUT2D eigenvalue weighted by molar-refractivity contribution is -0.133. The first-order chi connectivity index (χ1) is 8.69. The normalized spacial score (nSPS) is 16.6. The molecule has 1 N–H and O–H groups in total. The van der Waals surface area contributed by atoms with Gasteiger partial charge in [0, 0.05) is 45.6 Å². The molecule has 1 rings (SSSR count). The molecule has 0 aromatic carbocycles. The number of nitrogens with zero attached hydrogens (tertiary/aromatic N) is 2. The Morgan fingerprint density at radius 1 is 1.00 bits per heavy atom. The zero-order valence-corrected chi connectivity index (χ0v) is 11.2. The highest BCUT2D eigenvalue weighted by molar-refractivity contribution is 5.77. The number of aliphatic hydroxyl groups excluding tert-OH is 1. The molecule has 18 heavy (non-hydrogen) atoms. The molecular formula is C13H24N2O3. The molecule has 1 aliphatic rings. The Balaban J connectivity index is 2.36.